The zero-order chi connectivity index (χ0) is 18.8. The molecule has 1 heterocycles. The summed E-state index contributed by atoms with van der Waals surface area (Å²) < 4.78 is 24.9. The molecule has 0 aliphatic carbocycles. The Morgan fingerprint density at radius 3 is 2.38 bits per heavy atom. The van der Waals surface area contributed by atoms with Gasteiger partial charge in [0.2, 0.25) is 0 Å². The van der Waals surface area contributed by atoms with Gasteiger partial charge >= 0.3 is 11.9 Å². The van der Waals surface area contributed by atoms with Crippen molar-refractivity contribution in [3.05, 3.63) is 52.8 Å². The third-order valence-corrected chi connectivity index (χ3v) is 4.28. The predicted molar refractivity (Wildman–Crippen MR) is 97.5 cm³/mol. The van der Waals surface area contributed by atoms with E-state index >= 15 is 0 Å². The van der Waals surface area contributed by atoms with Gasteiger partial charge in [-0.2, -0.15) is 0 Å². The van der Waals surface area contributed by atoms with Crippen molar-refractivity contribution < 1.29 is 23.5 Å². The maximum Gasteiger partial charge on any atom is 0.308 e. The minimum Gasteiger partial charge on any atom is -0.424 e. The molecular formula is C19H13BrFNO4. The second-order valence-corrected chi connectivity index (χ2v) is 6.25. The Labute approximate surface area is 156 Å². The van der Waals surface area contributed by atoms with Crippen molar-refractivity contribution in [2.45, 2.75) is 13.8 Å². The number of halogens is 2. The quantitative estimate of drug-likeness (QED) is 0.458. The van der Waals surface area contributed by atoms with Gasteiger partial charge < -0.3 is 9.47 Å². The second-order valence-electron chi connectivity index (χ2n) is 5.45. The summed E-state index contributed by atoms with van der Waals surface area (Å²) in [5.74, 6) is -1.87. The third-order valence-electron chi connectivity index (χ3n) is 3.49. The molecule has 2 aromatic carbocycles. The number of fused-ring (bicyclic) bond motifs is 1. The van der Waals surface area contributed by atoms with Gasteiger partial charge in [0.25, 0.3) is 0 Å². The minimum absolute atomic E-state index is 0.185. The Morgan fingerprint density at radius 1 is 1.04 bits per heavy atom. The molecule has 1 aromatic heterocycles. The fourth-order valence-electron chi connectivity index (χ4n) is 2.47. The van der Waals surface area contributed by atoms with Crippen molar-refractivity contribution >= 4 is 38.8 Å². The average Bonchev–Trinajstić information content (AvgIpc) is 2.58. The molecule has 0 unspecified atom stereocenters. The molecule has 5 nitrogen and oxygen atoms in total. The van der Waals surface area contributed by atoms with Crippen molar-refractivity contribution in [1.82, 2.24) is 4.98 Å². The zero-order valence-corrected chi connectivity index (χ0v) is 15.5. The Balaban J connectivity index is 2.21. The van der Waals surface area contributed by atoms with Crippen molar-refractivity contribution in [1.29, 1.82) is 0 Å². The minimum atomic E-state index is -0.724. The third kappa shape index (κ3) is 3.57. The van der Waals surface area contributed by atoms with Crippen molar-refractivity contribution in [2.75, 3.05) is 0 Å². The van der Waals surface area contributed by atoms with Crippen LogP contribution in [0.15, 0.2) is 46.9 Å². The van der Waals surface area contributed by atoms with E-state index in [2.05, 4.69) is 20.9 Å². The van der Waals surface area contributed by atoms with Gasteiger partial charge in [0.15, 0.2) is 17.3 Å². The number of nitrogens with zero attached hydrogens (tertiary/aromatic N) is 1. The van der Waals surface area contributed by atoms with E-state index in [0.29, 0.717) is 21.2 Å². The predicted octanol–water partition coefficient (Wildman–Crippen LogP) is 4.65. The number of benzene rings is 2. The van der Waals surface area contributed by atoms with Crippen LogP contribution in [0.1, 0.15) is 13.8 Å². The Kier molecular flexibility index (Phi) is 4.99. The van der Waals surface area contributed by atoms with Crippen LogP contribution in [0.4, 0.5) is 4.39 Å². The first kappa shape index (κ1) is 18.0. The van der Waals surface area contributed by atoms with E-state index in [1.807, 2.05) is 18.2 Å². The first-order valence-electron chi connectivity index (χ1n) is 7.62. The normalized spacial score (nSPS) is 10.6. The summed E-state index contributed by atoms with van der Waals surface area (Å²) in [6.45, 7) is 2.46. The van der Waals surface area contributed by atoms with Crippen LogP contribution in [0, 0.1) is 5.82 Å². The van der Waals surface area contributed by atoms with Crippen LogP contribution in [-0.4, -0.2) is 16.9 Å². The second kappa shape index (κ2) is 7.21. The summed E-state index contributed by atoms with van der Waals surface area (Å²) in [5, 5.41) is 0.754. The smallest absolute Gasteiger partial charge is 0.308 e. The van der Waals surface area contributed by atoms with Gasteiger partial charge in [-0.25, -0.2) is 9.37 Å². The van der Waals surface area contributed by atoms with Gasteiger partial charge in [-0.15, -0.1) is 0 Å². The van der Waals surface area contributed by atoms with Crippen LogP contribution in [0.3, 0.4) is 0 Å². The molecule has 0 saturated carbocycles. The topological polar surface area (TPSA) is 65.5 Å². The van der Waals surface area contributed by atoms with Gasteiger partial charge in [0.05, 0.1) is 9.99 Å². The molecule has 0 fully saturated rings. The van der Waals surface area contributed by atoms with Crippen LogP contribution in [-0.2, 0) is 9.59 Å². The van der Waals surface area contributed by atoms with Crippen LogP contribution in [0.2, 0.25) is 0 Å². The van der Waals surface area contributed by atoms with Crippen molar-refractivity contribution in [2.24, 2.45) is 0 Å². The van der Waals surface area contributed by atoms with Gasteiger partial charge in [-0.05, 0) is 40.2 Å². The summed E-state index contributed by atoms with van der Waals surface area (Å²) in [6, 6.07) is 11.3. The molecule has 3 rings (SSSR count). The first-order chi connectivity index (χ1) is 12.4. The van der Waals surface area contributed by atoms with E-state index in [9.17, 15) is 14.0 Å². The summed E-state index contributed by atoms with van der Waals surface area (Å²) in [5.41, 5.74) is 1.31. The molecule has 0 radical (unpaired) electrons. The number of rotatable bonds is 3. The molecule has 0 saturated heterocycles. The van der Waals surface area contributed by atoms with Crippen LogP contribution in [0.25, 0.3) is 22.2 Å². The number of para-hydroxylation sites is 1. The first-order valence-corrected chi connectivity index (χ1v) is 8.41. The van der Waals surface area contributed by atoms with Crippen LogP contribution < -0.4 is 9.47 Å². The summed E-state index contributed by atoms with van der Waals surface area (Å²) >= 11 is 3.44. The standard InChI is InChI=1S/C19H13BrFNO4/c1-10(23)25-16-8-7-12(9-14(16)21)18-19(26-11(2)24)17(20)13-5-3-4-6-15(13)22-18/h3-9H,1-2H3. The van der Waals surface area contributed by atoms with Crippen molar-refractivity contribution in [3.8, 4) is 22.8 Å². The van der Waals surface area contributed by atoms with E-state index in [1.54, 1.807) is 6.07 Å². The van der Waals surface area contributed by atoms with Crippen LogP contribution >= 0.6 is 15.9 Å². The highest BCUT2D eigenvalue weighted by atomic mass is 79.9. The molecule has 0 spiro atoms. The average molecular weight is 418 g/mol. The molecule has 0 N–H and O–H groups in total. The largest absolute Gasteiger partial charge is 0.424 e. The molecule has 0 aliphatic rings. The van der Waals surface area contributed by atoms with E-state index < -0.39 is 17.8 Å². The SMILES string of the molecule is CC(=O)Oc1ccc(-c2nc3ccccc3c(Br)c2OC(C)=O)cc1F. The molecule has 0 amide bonds. The van der Waals surface area contributed by atoms with Gasteiger partial charge in [0, 0.05) is 24.8 Å². The summed E-state index contributed by atoms with van der Waals surface area (Å²) in [6.07, 6.45) is 0. The number of aromatic nitrogens is 1. The fourth-order valence-corrected chi connectivity index (χ4v) is 3.08. The highest BCUT2D eigenvalue weighted by Gasteiger charge is 2.19. The monoisotopic (exact) mass is 417 g/mol. The highest BCUT2D eigenvalue weighted by Crippen LogP contribution is 2.40. The number of pyridine rings is 1. The van der Waals surface area contributed by atoms with Gasteiger partial charge in [-0.1, -0.05) is 18.2 Å². The highest BCUT2D eigenvalue weighted by molar-refractivity contribution is 9.10. The Morgan fingerprint density at radius 2 is 1.73 bits per heavy atom. The fraction of sp³-hybridized carbons (Fsp3) is 0.105. The Hall–Kier alpha value is -2.80. The van der Waals surface area contributed by atoms with Crippen LogP contribution in [0.5, 0.6) is 11.5 Å². The summed E-state index contributed by atoms with van der Waals surface area (Å²) in [7, 11) is 0. The summed E-state index contributed by atoms with van der Waals surface area (Å²) in [4.78, 5) is 27.1. The molecule has 0 atom stereocenters. The lowest BCUT2D eigenvalue weighted by molar-refractivity contribution is -0.133. The number of carbonyl (C=O) groups excluding carboxylic acids is 2. The van der Waals surface area contributed by atoms with Crippen molar-refractivity contribution in [3.63, 3.8) is 0 Å². The van der Waals surface area contributed by atoms with E-state index in [4.69, 9.17) is 9.47 Å². The lowest BCUT2D eigenvalue weighted by atomic mass is 10.1. The molecule has 7 heteroatoms. The lowest BCUT2D eigenvalue weighted by Gasteiger charge is -2.13. The molecule has 3 aromatic rings. The number of hydrogen-bond donors (Lipinski definition) is 0. The Bertz CT molecular complexity index is 1040. The maximum atomic E-state index is 14.3. The number of carbonyl (C=O) groups is 2. The lowest BCUT2D eigenvalue weighted by Crippen LogP contribution is -2.06. The van der Waals surface area contributed by atoms with E-state index in [0.717, 1.165) is 5.39 Å². The number of esters is 2. The van der Waals surface area contributed by atoms with E-state index in [-0.39, 0.29) is 11.5 Å². The molecule has 26 heavy (non-hydrogen) atoms. The molecule has 0 aliphatic heterocycles. The number of ether oxygens (including phenoxy) is 2. The zero-order valence-electron chi connectivity index (χ0n) is 13.9. The maximum absolute atomic E-state index is 14.3. The molecule has 0 bridgehead atoms. The van der Waals surface area contributed by atoms with E-state index in [1.165, 1.54) is 32.0 Å². The van der Waals surface area contributed by atoms with Gasteiger partial charge in [-0.3, -0.25) is 9.59 Å². The molecule has 132 valence electrons. The van der Waals surface area contributed by atoms with Gasteiger partial charge in [0.1, 0.15) is 5.69 Å². The number of hydrogen-bond acceptors (Lipinski definition) is 5. The molecular weight excluding hydrogens is 405 g/mol.